The van der Waals surface area contributed by atoms with Gasteiger partial charge in [0, 0.05) is 37.9 Å². The van der Waals surface area contributed by atoms with Crippen molar-refractivity contribution in [2.24, 2.45) is 0 Å². The number of furan rings is 2. The molecule has 316 valence electrons. The molecule has 0 fully saturated rings. The van der Waals surface area contributed by atoms with Gasteiger partial charge in [-0.3, -0.25) is 9.13 Å². The van der Waals surface area contributed by atoms with Crippen LogP contribution < -0.4 is 0 Å². The summed E-state index contributed by atoms with van der Waals surface area (Å²) in [5, 5.41) is 6.68. The normalized spacial score (nSPS) is 13.5. The van der Waals surface area contributed by atoms with Crippen LogP contribution in [-0.2, 0) is 21.7 Å². The highest BCUT2D eigenvalue weighted by Crippen LogP contribution is 2.42. The molecule has 0 unspecified atom stereocenters. The number of pyridine rings is 1. The first-order chi connectivity index (χ1) is 29.6. The fraction of sp³-hybridized carbons (Fsp3) is 0.304. The predicted octanol–water partition coefficient (Wildman–Crippen LogP) is 15.4. The van der Waals surface area contributed by atoms with E-state index in [1.807, 2.05) is 6.20 Å². The summed E-state index contributed by atoms with van der Waals surface area (Å²) in [5.74, 6) is 1.44. The van der Waals surface area contributed by atoms with Gasteiger partial charge >= 0.3 is 0 Å². The van der Waals surface area contributed by atoms with Crippen LogP contribution in [0.4, 0.5) is 0 Å². The van der Waals surface area contributed by atoms with Gasteiger partial charge in [0.1, 0.15) is 28.0 Å². The van der Waals surface area contributed by atoms with Crippen LogP contribution in [0.15, 0.2) is 106 Å². The quantitative estimate of drug-likeness (QED) is 0.173. The molecule has 5 aromatic carbocycles. The van der Waals surface area contributed by atoms with E-state index in [0.29, 0.717) is 11.5 Å². The van der Waals surface area contributed by atoms with Crippen LogP contribution in [0.5, 0.6) is 0 Å². The first-order valence-corrected chi connectivity index (χ1v) is 22.3. The van der Waals surface area contributed by atoms with Gasteiger partial charge in [0.2, 0.25) is 5.95 Å². The molecule has 0 saturated heterocycles. The third kappa shape index (κ3) is 5.95. The Bertz CT molecular complexity index is 3340. The highest BCUT2D eigenvalue weighted by Gasteiger charge is 2.26. The van der Waals surface area contributed by atoms with Gasteiger partial charge in [-0.05, 0) is 118 Å². The monoisotopic (exact) mass is 829 g/mol. The zero-order chi connectivity index (χ0) is 44.3. The van der Waals surface area contributed by atoms with Crippen LogP contribution in [0.1, 0.15) is 111 Å². The lowest BCUT2D eigenvalue weighted by Crippen LogP contribution is -2.10. The number of rotatable bonds is 2. The summed E-state index contributed by atoms with van der Waals surface area (Å²) < 4.78 is 17.7. The molecule has 63 heavy (non-hydrogen) atoms. The number of nitrogens with zero attached hydrogens (tertiary/aromatic N) is 5. The van der Waals surface area contributed by atoms with E-state index in [0.717, 1.165) is 72.0 Å². The van der Waals surface area contributed by atoms with Gasteiger partial charge in [-0.25, -0.2) is 15.0 Å². The summed E-state index contributed by atoms with van der Waals surface area (Å²) in [6.45, 7) is 29.3. The van der Waals surface area contributed by atoms with E-state index in [4.69, 9.17) is 23.8 Å². The Balaban J connectivity index is 1.12. The molecule has 0 spiro atoms. The number of hydrogen-bond acceptors (Lipinski definition) is 5. The topological polar surface area (TPSA) is 74.8 Å². The van der Waals surface area contributed by atoms with Crippen molar-refractivity contribution in [1.29, 1.82) is 0 Å². The van der Waals surface area contributed by atoms with Crippen molar-refractivity contribution < 1.29 is 8.83 Å². The number of benzene rings is 5. The molecule has 6 aromatic heterocycles. The van der Waals surface area contributed by atoms with Gasteiger partial charge < -0.3 is 8.83 Å². The van der Waals surface area contributed by atoms with Gasteiger partial charge in [0.05, 0.1) is 28.3 Å². The van der Waals surface area contributed by atoms with Gasteiger partial charge in [-0.2, -0.15) is 0 Å². The SMILES string of the molecule is Cc1c2oc3ccc(-n4c5ccc(C(C)(C)C)cc5c5cc(C(C)(C)C)ccc54)nc3c2cc2c1oc1cnc(-n3c4ccc(C(C)(C)C)cc4c4cc(C(C)(C)C)ccc43)nc12. The Morgan fingerprint density at radius 3 is 1.24 bits per heavy atom. The molecule has 7 heteroatoms. The molecular weight excluding hydrogens is 775 g/mol. The lowest BCUT2D eigenvalue weighted by Gasteiger charge is -2.19. The van der Waals surface area contributed by atoms with Gasteiger partial charge in [0.15, 0.2) is 11.2 Å². The molecule has 0 aliphatic carbocycles. The standard InChI is InChI=1S/C56H55N5O2/c1-30-50-39(48-45(62-50)22-23-47(58-48)60-41-18-14-31(53(2,3)4)24-35(41)36-25-32(54(5,6)7)15-19-42(36)60)28-40-49-46(63-51(30)40)29-57-52(59-49)61-43-20-16-33(55(8,9)10)26-37(43)38-27-34(56(11,12)13)17-21-44(38)61/h14-29H,1-13H3. The van der Waals surface area contributed by atoms with E-state index in [9.17, 15) is 0 Å². The minimum Gasteiger partial charge on any atom is -0.454 e. The van der Waals surface area contributed by atoms with E-state index in [1.54, 1.807) is 0 Å². The summed E-state index contributed by atoms with van der Waals surface area (Å²) in [6, 6.07) is 33.7. The highest BCUT2D eigenvalue weighted by molar-refractivity contribution is 6.16. The highest BCUT2D eigenvalue weighted by atomic mass is 16.3. The van der Waals surface area contributed by atoms with Crippen molar-refractivity contribution in [3.63, 3.8) is 0 Å². The maximum atomic E-state index is 6.62. The van der Waals surface area contributed by atoms with Crippen molar-refractivity contribution in [2.75, 3.05) is 0 Å². The van der Waals surface area contributed by atoms with Crippen molar-refractivity contribution in [2.45, 2.75) is 112 Å². The molecule has 0 atom stereocenters. The molecule has 0 saturated carbocycles. The third-order valence-electron chi connectivity index (χ3n) is 13.4. The fourth-order valence-electron chi connectivity index (χ4n) is 9.56. The van der Waals surface area contributed by atoms with Crippen LogP contribution in [0.2, 0.25) is 0 Å². The Labute approximate surface area is 367 Å². The van der Waals surface area contributed by atoms with E-state index in [-0.39, 0.29) is 21.7 Å². The summed E-state index contributed by atoms with van der Waals surface area (Å²) in [7, 11) is 0. The Kier molecular flexibility index (Phi) is 8.01. The summed E-state index contributed by atoms with van der Waals surface area (Å²) in [4.78, 5) is 15.7. The minimum atomic E-state index is 0.00119. The van der Waals surface area contributed by atoms with E-state index < -0.39 is 0 Å². The second-order valence-corrected chi connectivity index (χ2v) is 22.0. The molecule has 0 aliphatic rings. The Hall–Kier alpha value is -6.47. The zero-order valence-electron chi connectivity index (χ0n) is 38.8. The number of aromatic nitrogens is 5. The molecule has 0 N–H and O–H groups in total. The maximum Gasteiger partial charge on any atom is 0.235 e. The molecule has 11 aromatic rings. The number of fused-ring (bicyclic) bond motifs is 12. The first-order valence-electron chi connectivity index (χ1n) is 22.3. The van der Waals surface area contributed by atoms with Crippen LogP contribution in [0.3, 0.4) is 0 Å². The smallest absolute Gasteiger partial charge is 0.235 e. The van der Waals surface area contributed by atoms with Crippen molar-refractivity contribution in [3.05, 3.63) is 125 Å². The van der Waals surface area contributed by atoms with Crippen molar-refractivity contribution in [3.8, 4) is 11.8 Å². The Morgan fingerprint density at radius 1 is 0.413 bits per heavy atom. The third-order valence-corrected chi connectivity index (χ3v) is 13.4. The van der Waals surface area contributed by atoms with E-state index in [2.05, 4.69) is 190 Å². The van der Waals surface area contributed by atoms with E-state index >= 15 is 0 Å². The second-order valence-electron chi connectivity index (χ2n) is 22.0. The predicted molar refractivity (Wildman–Crippen MR) is 263 cm³/mol. The first kappa shape index (κ1) is 39.4. The fourth-order valence-corrected chi connectivity index (χ4v) is 9.56. The molecule has 0 bridgehead atoms. The lowest BCUT2D eigenvalue weighted by molar-refractivity contribution is 0.590. The van der Waals surface area contributed by atoms with Gasteiger partial charge in [0.25, 0.3) is 0 Å². The van der Waals surface area contributed by atoms with E-state index in [1.165, 1.54) is 43.8 Å². The molecule has 7 nitrogen and oxygen atoms in total. The molecule has 0 radical (unpaired) electrons. The lowest BCUT2D eigenvalue weighted by atomic mass is 9.85. The van der Waals surface area contributed by atoms with Gasteiger partial charge in [-0.1, -0.05) is 107 Å². The summed E-state index contributed by atoms with van der Waals surface area (Å²) in [5.41, 5.74) is 14.9. The second kappa shape index (κ2) is 12.8. The van der Waals surface area contributed by atoms with Crippen LogP contribution in [0.25, 0.3) is 99.5 Å². The van der Waals surface area contributed by atoms with Crippen molar-refractivity contribution >= 4 is 87.7 Å². The summed E-state index contributed by atoms with van der Waals surface area (Å²) >= 11 is 0. The molecule has 6 heterocycles. The average molecular weight is 830 g/mol. The average Bonchev–Trinajstić information content (AvgIpc) is 3.96. The molecular formula is C56H55N5O2. The Morgan fingerprint density at radius 2 is 0.810 bits per heavy atom. The number of hydrogen-bond donors (Lipinski definition) is 0. The number of aryl methyl sites for hydroxylation is 1. The minimum absolute atomic E-state index is 0.00119. The summed E-state index contributed by atoms with van der Waals surface area (Å²) in [6.07, 6.45) is 1.82. The van der Waals surface area contributed by atoms with Crippen LogP contribution in [0, 0.1) is 6.92 Å². The maximum absolute atomic E-state index is 6.62. The molecule has 0 aliphatic heterocycles. The van der Waals surface area contributed by atoms with Gasteiger partial charge in [-0.15, -0.1) is 0 Å². The molecule has 0 amide bonds. The zero-order valence-corrected chi connectivity index (χ0v) is 38.8. The van der Waals surface area contributed by atoms with Crippen LogP contribution >= 0.6 is 0 Å². The molecule has 11 rings (SSSR count). The largest absolute Gasteiger partial charge is 0.454 e. The van der Waals surface area contributed by atoms with Crippen LogP contribution in [-0.4, -0.2) is 24.1 Å². The van der Waals surface area contributed by atoms with Crippen molar-refractivity contribution in [1.82, 2.24) is 24.1 Å².